The highest BCUT2D eigenvalue weighted by Crippen LogP contribution is 2.30. The fourth-order valence-electron chi connectivity index (χ4n) is 3.38. The number of hydrogen-bond donors (Lipinski definition) is 2. The Morgan fingerprint density at radius 3 is 2.81 bits per heavy atom. The van der Waals surface area contributed by atoms with Crippen molar-refractivity contribution in [3.05, 3.63) is 30.0 Å². The molecule has 1 amide bonds. The van der Waals surface area contributed by atoms with Crippen molar-refractivity contribution in [2.45, 2.75) is 39.5 Å². The average molecular weight is 371 g/mol. The molecule has 2 aromatic rings. The van der Waals surface area contributed by atoms with Crippen molar-refractivity contribution < 1.29 is 14.3 Å². The first kappa shape index (κ1) is 19.4. The minimum Gasteiger partial charge on any atom is -0.456 e. The summed E-state index contributed by atoms with van der Waals surface area (Å²) in [5, 5.41) is 3.91. The quantitative estimate of drug-likeness (QED) is 0.628. The van der Waals surface area contributed by atoms with Gasteiger partial charge in [-0.05, 0) is 61.9 Å². The van der Waals surface area contributed by atoms with E-state index in [0.29, 0.717) is 5.69 Å². The summed E-state index contributed by atoms with van der Waals surface area (Å²) in [7, 11) is 0. The van der Waals surface area contributed by atoms with Gasteiger partial charge in [-0.25, -0.2) is 0 Å². The molecule has 0 saturated heterocycles. The van der Waals surface area contributed by atoms with Crippen molar-refractivity contribution in [1.29, 1.82) is 0 Å². The molecular formula is C21H29N3O3. The average Bonchev–Trinajstić information content (AvgIpc) is 3.36. The van der Waals surface area contributed by atoms with Gasteiger partial charge in [-0.15, -0.1) is 0 Å². The van der Waals surface area contributed by atoms with E-state index in [-0.39, 0.29) is 12.5 Å². The fourth-order valence-corrected chi connectivity index (χ4v) is 3.38. The van der Waals surface area contributed by atoms with E-state index in [1.54, 1.807) is 0 Å². The zero-order valence-corrected chi connectivity index (χ0v) is 16.2. The molecule has 0 unspecified atom stereocenters. The number of nitrogens with one attached hydrogen (secondary N) is 2. The van der Waals surface area contributed by atoms with Gasteiger partial charge in [0.15, 0.2) is 6.61 Å². The highest BCUT2D eigenvalue weighted by Gasteiger charge is 2.23. The van der Waals surface area contributed by atoms with E-state index in [1.807, 2.05) is 18.2 Å². The maximum Gasteiger partial charge on any atom is 0.303 e. The Morgan fingerprint density at radius 1 is 1.30 bits per heavy atom. The second-order valence-electron chi connectivity index (χ2n) is 7.40. The molecule has 146 valence electrons. The molecule has 1 fully saturated rings. The Hall–Kier alpha value is -2.34. The molecule has 27 heavy (non-hydrogen) atoms. The van der Waals surface area contributed by atoms with Gasteiger partial charge in [-0.3, -0.25) is 9.59 Å². The highest BCUT2D eigenvalue weighted by atomic mass is 16.5. The Bertz CT molecular complexity index is 795. The number of esters is 1. The number of rotatable bonds is 10. The molecule has 0 atom stereocenters. The largest absolute Gasteiger partial charge is 0.456 e. The topological polar surface area (TPSA) is 74.4 Å². The number of aromatic nitrogens is 1. The van der Waals surface area contributed by atoms with E-state index in [2.05, 4.69) is 28.3 Å². The third kappa shape index (κ3) is 5.82. The number of nitrogens with zero attached hydrogens (tertiary/aromatic N) is 1. The molecule has 6 heteroatoms. The van der Waals surface area contributed by atoms with Crippen LogP contribution in [0, 0.1) is 5.92 Å². The van der Waals surface area contributed by atoms with E-state index in [1.165, 1.54) is 38.3 Å². The molecule has 0 bridgehead atoms. The van der Waals surface area contributed by atoms with Gasteiger partial charge in [-0.2, -0.15) is 0 Å². The molecule has 1 aromatic heterocycles. The van der Waals surface area contributed by atoms with E-state index in [0.717, 1.165) is 36.3 Å². The molecule has 1 saturated carbocycles. The van der Waals surface area contributed by atoms with E-state index in [4.69, 9.17) is 4.74 Å². The molecule has 0 radical (unpaired) electrons. The SMILES string of the molecule is CCCN(CCc1c[nH]c2ccc(NC(=O)COC(C)=O)cc12)CC1CC1. The lowest BCUT2D eigenvalue weighted by molar-refractivity contribution is -0.144. The molecule has 1 aliphatic carbocycles. The van der Waals surface area contributed by atoms with Gasteiger partial charge in [0, 0.05) is 42.8 Å². The third-order valence-corrected chi connectivity index (χ3v) is 4.91. The number of carbonyl (C=O) groups is 2. The highest BCUT2D eigenvalue weighted by molar-refractivity contribution is 5.95. The van der Waals surface area contributed by atoms with Crippen LogP contribution < -0.4 is 5.32 Å². The summed E-state index contributed by atoms with van der Waals surface area (Å²) < 4.78 is 4.73. The van der Waals surface area contributed by atoms with Crippen LogP contribution in [0.25, 0.3) is 10.9 Å². The van der Waals surface area contributed by atoms with Crippen LogP contribution in [0.3, 0.4) is 0 Å². The predicted molar refractivity (Wildman–Crippen MR) is 107 cm³/mol. The Kier molecular flexibility index (Phi) is 6.50. The fraction of sp³-hybridized carbons (Fsp3) is 0.524. The van der Waals surface area contributed by atoms with Crippen LogP contribution in [0.5, 0.6) is 0 Å². The van der Waals surface area contributed by atoms with Gasteiger partial charge in [0.25, 0.3) is 5.91 Å². The normalized spacial score (nSPS) is 13.9. The number of aromatic amines is 1. The Morgan fingerprint density at radius 2 is 2.11 bits per heavy atom. The number of fused-ring (bicyclic) bond motifs is 1. The molecule has 1 heterocycles. The lowest BCUT2D eigenvalue weighted by atomic mass is 10.1. The third-order valence-electron chi connectivity index (χ3n) is 4.91. The summed E-state index contributed by atoms with van der Waals surface area (Å²) in [6.07, 6.45) is 6.99. The van der Waals surface area contributed by atoms with Crippen LogP contribution in [-0.2, 0) is 20.7 Å². The van der Waals surface area contributed by atoms with Crippen molar-refractivity contribution >= 4 is 28.5 Å². The number of ether oxygens (including phenoxy) is 1. The summed E-state index contributed by atoms with van der Waals surface area (Å²) in [4.78, 5) is 28.6. The van der Waals surface area contributed by atoms with Crippen molar-refractivity contribution in [3.8, 4) is 0 Å². The molecule has 0 aliphatic heterocycles. The summed E-state index contributed by atoms with van der Waals surface area (Å²) in [6, 6.07) is 5.80. The van der Waals surface area contributed by atoms with E-state index >= 15 is 0 Å². The zero-order chi connectivity index (χ0) is 19.2. The van der Waals surface area contributed by atoms with Gasteiger partial charge < -0.3 is 19.9 Å². The summed E-state index contributed by atoms with van der Waals surface area (Å²) >= 11 is 0. The van der Waals surface area contributed by atoms with Gasteiger partial charge in [0.05, 0.1) is 0 Å². The maximum atomic E-state index is 11.9. The predicted octanol–water partition coefficient (Wildman–Crippen LogP) is 3.33. The second kappa shape index (κ2) is 9.04. The van der Waals surface area contributed by atoms with Crippen molar-refractivity contribution in [1.82, 2.24) is 9.88 Å². The van der Waals surface area contributed by atoms with Gasteiger partial charge in [0.1, 0.15) is 0 Å². The molecular weight excluding hydrogens is 342 g/mol. The van der Waals surface area contributed by atoms with Crippen LogP contribution in [0.4, 0.5) is 5.69 Å². The molecule has 3 rings (SSSR count). The number of amides is 1. The van der Waals surface area contributed by atoms with E-state index < -0.39 is 5.97 Å². The molecule has 1 aromatic carbocycles. The van der Waals surface area contributed by atoms with Crippen LogP contribution in [0.15, 0.2) is 24.4 Å². The first-order chi connectivity index (χ1) is 13.0. The van der Waals surface area contributed by atoms with Crippen molar-refractivity contribution in [3.63, 3.8) is 0 Å². The number of hydrogen-bond acceptors (Lipinski definition) is 4. The standard InChI is InChI=1S/C21H29N3O3/c1-3-9-24(13-16-4-5-16)10-8-17-12-22-20-7-6-18(11-19(17)20)23-21(26)14-27-15(2)25/h6-7,11-12,16,22H,3-5,8-10,13-14H2,1-2H3,(H,23,26). The number of H-pyrrole nitrogens is 1. The number of carbonyl (C=O) groups excluding carboxylic acids is 2. The summed E-state index contributed by atoms with van der Waals surface area (Å²) in [6.45, 7) is 6.68. The molecule has 2 N–H and O–H groups in total. The number of benzene rings is 1. The minimum absolute atomic E-state index is 0.263. The van der Waals surface area contributed by atoms with E-state index in [9.17, 15) is 9.59 Å². The second-order valence-corrected chi connectivity index (χ2v) is 7.40. The summed E-state index contributed by atoms with van der Waals surface area (Å²) in [5.74, 6) is 0.107. The van der Waals surface area contributed by atoms with Crippen molar-refractivity contribution in [2.75, 3.05) is 31.6 Å². The molecule has 1 aliphatic rings. The lowest BCUT2D eigenvalue weighted by Crippen LogP contribution is -2.29. The molecule has 6 nitrogen and oxygen atoms in total. The summed E-state index contributed by atoms with van der Waals surface area (Å²) in [5.41, 5.74) is 3.04. The van der Waals surface area contributed by atoms with Crippen molar-refractivity contribution in [2.24, 2.45) is 5.92 Å². The van der Waals surface area contributed by atoms with Crippen LogP contribution >= 0.6 is 0 Å². The van der Waals surface area contributed by atoms with Gasteiger partial charge in [-0.1, -0.05) is 6.92 Å². The Labute approximate surface area is 160 Å². The lowest BCUT2D eigenvalue weighted by Gasteiger charge is -2.21. The Balaban J connectivity index is 1.63. The molecule has 0 spiro atoms. The maximum absolute atomic E-state index is 11.9. The first-order valence-corrected chi connectivity index (χ1v) is 9.80. The van der Waals surface area contributed by atoms with Crippen LogP contribution in [0.1, 0.15) is 38.7 Å². The first-order valence-electron chi connectivity index (χ1n) is 9.80. The zero-order valence-electron chi connectivity index (χ0n) is 16.2. The van der Waals surface area contributed by atoms with Gasteiger partial charge >= 0.3 is 5.97 Å². The van der Waals surface area contributed by atoms with Crippen LogP contribution in [-0.4, -0.2) is 48.0 Å². The number of anilines is 1. The minimum atomic E-state index is -0.462. The van der Waals surface area contributed by atoms with Gasteiger partial charge in [0.2, 0.25) is 0 Å². The smallest absolute Gasteiger partial charge is 0.303 e. The van der Waals surface area contributed by atoms with Crippen LogP contribution in [0.2, 0.25) is 0 Å². The monoisotopic (exact) mass is 371 g/mol.